The lowest BCUT2D eigenvalue weighted by molar-refractivity contribution is -0.137. The molecule has 0 aliphatic carbocycles. The van der Waals surface area contributed by atoms with Gasteiger partial charge in [0.2, 0.25) is 5.91 Å². The molecular weight excluding hydrogens is 458 g/mol. The van der Waals surface area contributed by atoms with E-state index in [0.29, 0.717) is 10.9 Å². The molecule has 0 saturated heterocycles. The van der Waals surface area contributed by atoms with E-state index < -0.39 is 48.0 Å². The maximum absolute atomic E-state index is 13.4. The number of hydrogen-bond acceptors (Lipinski definition) is 5. The molecule has 1 aromatic heterocycles. The van der Waals surface area contributed by atoms with E-state index in [2.05, 4.69) is 10.3 Å². The number of aromatic nitrogens is 1. The molecule has 0 bridgehead atoms. The number of benzene rings is 2. The Morgan fingerprint density at radius 3 is 2.59 bits per heavy atom. The van der Waals surface area contributed by atoms with Crippen LogP contribution in [0.15, 0.2) is 42.5 Å². The first-order chi connectivity index (χ1) is 15.9. The standard InChI is InChI=1S/C23H17F4N3O4/c1-11-16(7-13-3-5-15(24)9-17(13)28-11)22(33)34-12(2)21(32)30-10-20(31)29-18-8-14(23(25,26)27)4-6-19(18)30/h3-9,12H,10H2,1-2H3,(H,29,31). The highest BCUT2D eigenvalue weighted by atomic mass is 19.4. The monoisotopic (exact) mass is 475 g/mol. The number of carbonyl (C=O) groups excluding carboxylic acids is 3. The minimum absolute atomic E-state index is 0.0473. The molecule has 1 atom stereocenters. The van der Waals surface area contributed by atoms with Crippen LogP contribution in [0.4, 0.5) is 28.9 Å². The summed E-state index contributed by atoms with van der Waals surface area (Å²) in [5.74, 6) is -2.84. The Bertz CT molecular complexity index is 1340. The molecule has 3 aromatic rings. The summed E-state index contributed by atoms with van der Waals surface area (Å²) >= 11 is 0. The third-order valence-corrected chi connectivity index (χ3v) is 5.28. The number of nitrogens with zero attached hydrogens (tertiary/aromatic N) is 2. The number of pyridine rings is 1. The highest BCUT2D eigenvalue weighted by Crippen LogP contribution is 2.37. The first kappa shape index (κ1) is 23.1. The van der Waals surface area contributed by atoms with E-state index >= 15 is 0 Å². The molecule has 2 heterocycles. The van der Waals surface area contributed by atoms with Gasteiger partial charge in [-0.15, -0.1) is 0 Å². The van der Waals surface area contributed by atoms with Crippen LogP contribution in [0.3, 0.4) is 0 Å². The van der Waals surface area contributed by atoms with Crippen molar-refractivity contribution in [3.05, 3.63) is 65.1 Å². The van der Waals surface area contributed by atoms with Crippen molar-refractivity contribution >= 4 is 40.1 Å². The minimum Gasteiger partial charge on any atom is -0.449 e. The summed E-state index contributed by atoms with van der Waals surface area (Å²) in [7, 11) is 0. The third-order valence-electron chi connectivity index (χ3n) is 5.28. The van der Waals surface area contributed by atoms with E-state index in [1.165, 1.54) is 38.1 Å². The normalized spacial score (nSPS) is 14.4. The van der Waals surface area contributed by atoms with Gasteiger partial charge in [-0.05, 0) is 50.2 Å². The lowest BCUT2D eigenvalue weighted by Gasteiger charge is -2.31. The predicted molar refractivity (Wildman–Crippen MR) is 114 cm³/mol. The van der Waals surface area contributed by atoms with Gasteiger partial charge in [0.15, 0.2) is 6.10 Å². The molecule has 176 valence electrons. The second kappa shape index (κ2) is 8.40. The molecule has 11 heteroatoms. The largest absolute Gasteiger partial charge is 0.449 e. The van der Waals surface area contributed by atoms with Gasteiger partial charge < -0.3 is 10.1 Å². The second-order valence-electron chi connectivity index (χ2n) is 7.71. The van der Waals surface area contributed by atoms with E-state index in [1.807, 2.05) is 0 Å². The van der Waals surface area contributed by atoms with Crippen molar-refractivity contribution in [2.45, 2.75) is 26.1 Å². The predicted octanol–water partition coefficient (Wildman–Crippen LogP) is 4.23. The number of esters is 1. The van der Waals surface area contributed by atoms with Crippen molar-refractivity contribution in [3.63, 3.8) is 0 Å². The maximum atomic E-state index is 13.4. The minimum atomic E-state index is -4.63. The zero-order valence-electron chi connectivity index (χ0n) is 17.9. The lowest BCUT2D eigenvalue weighted by Crippen LogP contribution is -2.47. The van der Waals surface area contributed by atoms with Crippen molar-refractivity contribution < 1.29 is 36.7 Å². The summed E-state index contributed by atoms with van der Waals surface area (Å²) in [6, 6.07) is 7.92. The Morgan fingerprint density at radius 1 is 1.15 bits per heavy atom. The van der Waals surface area contributed by atoms with Gasteiger partial charge in [-0.2, -0.15) is 13.2 Å². The summed E-state index contributed by atoms with van der Waals surface area (Å²) in [5, 5.41) is 2.80. The fraction of sp³-hybridized carbons (Fsp3) is 0.217. The number of fused-ring (bicyclic) bond motifs is 2. The highest BCUT2D eigenvalue weighted by molar-refractivity contribution is 6.11. The van der Waals surface area contributed by atoms with Gasteiger partial charge >= 0.3 is 12.1 Å². The van der Waals surface area contributed by atoms with E-state index in [9.17, 15) is 31.9 Å². The molecule has 1 aliphatic heterocycles. The Hall–Kier alpha value is -4.02. The van der Waals surface area contributed by atoms with Crippen molar-refractivity contribution in [3.8, 4) is 0 Å². The summed E-state index contributed by atoms with van der Waals surface area (Å²) in [6.07, 6.45) is -6.00. The van der Waals surface area contributed by atoms with Crippen LogP contribution in [-0.4, -0.2) is 35.4 Å². The average Bonchev–Trinajstić information content (AvgIpc) is 2.76. The Balaban J connectivity index is 1.57. The molecular formula is C23H17F4N3O4. The zero-order valence-corrected chi connectivity index (χ0v) is 17.9. The summed E-state index contributed by atoms with van der Waals surface area (Å²) in [6.45, 7) is 2.35. The zero-order chi connectivity index (χ0) is 24.8. The van der Waals surface area contributed by atoms with Crippen LogP contribution in [0.1, 0.15) is 28.5 Å². The number of alkyl halides is 3. The van der Waals surface area contributed by atoms with E-state index in [-0.39, 0.29) is 22.6 Å². The number of amides is 2. The molecule has 2 aromatic carbocycles. The Morgan fingerprint density at radius 2 is 1.88 bits per heavy atom. The molecule has 0 fully saturated rings. The molecule has 1 unspecified atom stereocenters. The number of nitrogens with one attached hydrogen (secondary N) is 1. The summed E-state index contributed by atoms with van der Waals surface area (Å²) in [4.78, 5) is 42.9. The fourth-order valence-electron chi connectivity index (χ4n) is 3.60. The van der Waals surface area contributed by atoms with Crippen LogP contribution in [0.5, 0.6) is 0 Å². The Labute approximate surface area is 190 Å². The number of rotatable bonds is 3. The van der Waals surface area contributed by atoms with Crippen LogP contribution >= 0.6 is 0 Å². The second-order valence-corrected chi connectivity index (χ2v) is 7.71. The van der Waals surface area contributed by atoms with E-state index in [4.69, 9.17) is 4.74 Å². The van der Waals surface area contributed by atoms with Gasteiger partial charge in [0.1, 0.15) is 12.4 Å². The Kier molecular flexibility index (Phi) is 5.72. The van der Waals surface area contributed by atoms with E-state index in [0.717, 1.165) is 23.1 Å². The molecule has 0 spiro atoms. The van der Waals surface area contributed by atoms with Gasteiger partial charge in [-0.3, -0.25) is 19.5 Å². The van der Waals surface area contributed by atoms with Crippen LogP contribution in [0.2, 0.25) is 0 Å². The number of halogens is 4. The van der Waals surface area contributed by atoms with Gasteiger partial charge in [0.25, 0.3) is 5.91 Å². The van der Waals surface area contributed by atoms with Crippen molar-refractivity contribution in [2.75, 3.05) is 16.8 Å². The molecule has 34 heavy (non-hydrogen) atoms. The van der Waals surface area contributed by atoms with Crippen molar-refractivity contribution in [2.24, 2.45) is 0 Å². The quantitative estimate of drug-likeness (QED) is 0.453. The van der Waals surface area contributed by atoms with Crippen molar-refractivity contribution in [1.82, 2.24) is 4.98 Å². The highest BCUT2D eigenvalue weighted by Gasteiger charge is 2.35. The molecule has 1 N–H and O–H groups in total. The first-order valence-electron chi connectivity index (χ1n) is 10.0. The smallest absolute Gasteiger partial charge is 0.416 e. The maximum Gasteiger partial charge on any atom is 0.416 e. The van der Waals surface area contributed by atoms with Gasteiger partial charge in [-0.25, -0.2) is 9.18 Å². The van der Waals surface area contributed by atoms with Gasteiger partial charge in [0.05, 0.1) is 33.7 Å². The molecule has 7 nitrogen and oxygen atoms in total. The van der Waals surface area contributed by atoms with Crippen LogP contribution in [-0.2, 0) is 20.5 Å². The molecule has 4 rings (SSSR count). The topological polar surface area (TPSA) is 88.6 Å². The van der Waals surface area contributed by atoms with Crippen molar-refractivity contribution in [1.29, 1.82) is 0 Å². The molecule has 2 amide bonds. The lowest BCUT2D eigenvalue weighted by atomic mass is 10.1. The fourth-order valence-corrected chi connectivity index (χ4v) is 3.60. The SMILES string of the molecule is Cc1nc2cc(F)ccc2cc1C(=O)OC(C)C(=O)N1CC(=O)Nc2cc(C(F)(F)F)ccc21. The summed E-state index contributed by atoms with van der Waals surface area (Å²) < 4.78 is 57.8. The van der Waals surface area contributed by atoms with Crippen LogP contribution in [0, 0.1) is 12.7 Å². The van der Waals surface area contributed by atoms with Crippen LogP contribution in [0.25, 0.3) is 10.9 Å². The number of hydrogen-bond donors (Lipinski definition) is 1. The third kappa shape index (κ3) is 4.41. The summed E-state index contributed by atoms with van der Waals surface area (Å²) in [5.41, 5.74) is -0.465. The molecule has 0 radical (unpaired) electrons. The van der Waals surface area contributed by atoms with Gasteiger partial charge in [0, 0.05) is 11.5 Å². The molecule has 1 aliphatic rings. The first-order valence-corrected chi connectivity index (χ1v) is 10.0. The number of ether oxygens (including phenoxy) is 1. The number of carbonyl (C=O) groups is 3. The average molecular weight is 475 g/mol. The van der Waals surface area contributed by atoms with Crippen LogP contribution < -0.4 is 10.2 Å². The number of anilines is 2. The number of aryl methyl sites for hydroxylation is 1. The van der Waals surface area contributed by atoms with Gasteiger partial charge in [-0.1, -0.05) is 0 Å². The van der Waals surface area contributed by atoms with E-state index in [1.54, 1.807) is 0 Å². The molecule has 0 saturated carbocycles.